The fourth-order valence-corrected chi connectivity index (χ4v) is 4.07. The van der Waals surface area contributed by atoms with Crippen LogP contribution in [0.25, 0.3) is 10.2 Å². The third-order valence-corrected chi connectivity index (χ3v) is 5.69. The van der Waals surface area contributed by atoms with Crippen LogP contribution in [0.1, 0.15) is 11.3 Å². The maximum atomic E-state index is 13.2. The van der Waals surface area contributed by atoms with Gasteiger partial charge in [-0.25, -0.2) is 4.98 Å². The SMILES string of the molecule is O=C(Cc1ccc([N+](=O)[O-])cc1)N(Cc1ccccn1)c1nc2ccc([N+](=O)[O-])cc2s1. The van der Waals surface area contributed by atoms with Gasteiger partial charge in [0, 0.05) is 30.5 Å². The number of hydrogen-bond acceptors (Lipinski definition) is 8. The second-order valence-corrected chi connectivity index (χ2v) is 7.82. The molecule has 2 heterocycles. The average molecular weight is 449 g/mol. The van der Waals surface area contributed by atoms with Crippen LogP contribution in [0.4, 0.5) is 16.5 Å². The molecule has 0 aliphatic rings. The summed E-state index contributed by atoms with van der Waals surface area (Å²) in [6.45, 7) is 0.161. The van der Waals surface area contributed by atoms with Crippen LogP contribution >= 0.6 is 11.3 Å². The summed E-state index contributed by atoms with van der Waals surface area (Å²) >= 11 is 1.17. The summed E-state index contributed by atoms with van der Waals surface area (Å²) in [6.07, 6.45) is 1.62. The Morgan fingerprint density at radius 2 is 1.69 bits per heavy atom. The molecule has 0 aliphatic carbocycles. The van der Waals surface area contributed by atoms with Gasteiger partial charge >= 0.3 is 0 Å². The highest BCUT2D eigenvalue weighted by Crippen LogP contribution is 2.32. The van der Waals surface area contributed by atoms with Gasteiger partial charge in [-0.05, 0) is 23.8 Å². The molecule has 1 amide bonds. The molecule has 0 aliphatic heterocycles. The maximum absolute atomic E-state index is 13.2. The minimum atomic E-state index is -0.501. The van der Waals surface area contributed by atoms with Gasteiger partial charge in [0.25, 0.3) is 11.4 Å². The van der Waals surface area contributed by atoms with Crippen LogP contribution in [0, 0.1) is 20.2 Å². The number of fused-ring (bicyclic) bond motifs is 1. The van der Waals surface area contributed by atoms with Gasteiger partial charge in [-0.15, -0.1) is 0 Å². The number of carbonyl (C=O) groups excluding carboxylic acids is 1. The highest BCUT2D eigenvalue weighted by Gasteiger charge is 2.22. The number of hydrogen-bond donors (Lipinski definition) is 0. The summed E-state index contributed by atoms with van der Waals surface area (Å²) < 4.78 is 0.586. The lowest BCUT2D eigenvalue weighted by Gasteiger charge is -2.19. The Morgan fingerprint density at radius 1 is 0.969 bits per heavy atom. The molecule has 0 fully saturated rings. The summed E-state index contributed by atoms with van der Waals surface area (Å²) in [4.78, 5) is 44.4. The van der Waals surface area contributed by atoms with Gasteiger partial charge < -0.3 is 0 Å². The van der Waals surface area contributed by atoms with Gasteiger partial charge in [0.05, 0.1) is 38.7 Å². The number of non-ortho nitro benzene ring substituents is 2. The first-order valence-corrected chi connectivity index (χ1v) is 10.2. The molecule has 0 atom stereocenters. The summed E-state index contributed by atoms with van der Waals surface area (Å²) in [6, 6.07) is 15.5. The second kappa shape index (κ2) is 8.86. The Hall–Kier alpha value is -4.25. The smallest absolute Gasteiger partial charge is 0.270 e. The van der Waals surface area contributed by atoms with E-state index in [9.17, 15) is 25.0 Å². The summed E-state index contributed by atoms with van der Waals surface area (Å²) in [5, 5.41) is 22.3. The van der Waals surface area contributed by atoms with Gasteiger partial charge in [-0.3, -0.25) is 34.9 Å². The molecule has 32 heavy (non-hydrogen) atoms. The van der Waals surface area contributed by atoms with Crippen molar-refractivity contribution >= 4 is 44.0 Å². The van der Waals surface area contributed by atoms with Crippen molar-refractivity contribution in [3.8, 4) is 0 Å². The van der Waals surface area contributed by atoms with E-state index in [1.807, 2.05) is 6.07 Å². The van der Waals surface area contributed by atoms with Gasteiger partial charge in [0.15, 0.2) is 5.13 Å². The summed E-state index contributed by atoms with van der Waals surface area (Å²) in [5.74, 6) is -0.280. The standard InChI is InChI=1S/C21H15N5O5S/c27-20(11-14-4-6-16(7-5-14)25(28)29)24(13-15-3-1-2-10-22-15)21-23-18-9-8-17(26(30)31)12-19(18)32-21/h1-10,12H,11,13H2. The van der Waals surface area contributed by atoms with Crippen molar-refractivity contribution in [2.45, 2.75) is 13.0 Å². The molecule has 0 bridgehead atoms. The zero-order valence-electron chi connectivity index (χ0n) is 16.5. The van der Waals surface area contributed by atoms with Crippen molar-refractivity contribution in [1.82, 2.24) is 9.97 Å². The van der Waals surface area contributed by atoms with Crippen LogP contribution in [-0.4, -0.2) is 25.7 Å². The first-order valence-electron chi connectivity index (χ1n) is 9.39. The van der Waals surface area contributed by atoms with Crippen molar-refractivity contribution in [2.24, 2.45) is 0 Å². The predicted molar refractivity (Wildman–Crippen MR) is 119 cm³/mol. The number of carbonyl (C=O) groups is 1. The van der Waals surface area contributed by atoms with E-state index in [-0.39, 0.29) is 30.2 Å². The van der Waals surface area contributed by atoms with Gasteiger partial charge in [-0.1, -0.05) is 29.5 Å². The van der Waals surface area contributed by atoms with E-state index in [0.29, 0.717) is 26.6 Å². The monoisotopic (exact) mass is 449 g/mol. The largest absolute Gasteiger partial charge is 0.282 e. The number of aromatic nitrogens is 2. The average Bonchev–Trinajstić information content (AvgIpc) is 3.21. The molecule has 0 saturated heterocycles. The van der Waals surface area contributed by atoms with Crippen LogP contribution in [0.5, 0.6) is 0 Å². The maximum Gasteiger partial charge on any atom is 0.270 e. The third kappa shape index (κ3) is 4.57. The number of benzene rings is 2. The second-order valence-electron chi connectivity index (χ2n) is 6.81. The van der Waals surface area contributed by atoms with Crippen molar-refractivity contribution in [2.75, 3.05) is 4.90 Å². The zero-order chi connectivity index (χ0) is 22.7. The summed E-state index contributed by atoms with van der Waals surface area (Å²) in [7, 11) is 0. The van der Waals surface area contributed by atoms with Gasteiger partial charge in [-0.2, -0.15) is 0 Å². The van der Waals surface area contributed by atoms with E-state index in [1.54, 1.807) is 24.4 Å². The minimum absolute atomic E-state index is 0.000894. The number of amides is 1. The molecule has 0 unspecified atom stereocenters. The van der Waals surface area contributed by atoms with Crippen molar-refractivity contribution in [3.63, 3.8) is 0 Å². The molecule has 11 heteroatoms. The van der Waals surface area contributed by atoms with Crippen molar-refractivity contribution in [1.29, 1.82) is 0 Å². The van der Waals surface area contributed by atoms with Crippen molar-refractivity contribution in [3.05, 3.63) is 98.3 Å². The molecular formula is C21H15N5O5S. The Morgan fingerprint density at radius 3 is 2.34 bits per heavy atom. The lowest BCUT2D eigenvalue weighted by Crippen LogP contribution is -2.32. The molecule has 4 rings (SSSR count). The number of rotatable bonds is 7. The molecule has 2 aromatic carbocycles. The first-order chi connectivity index (χ1) is 15.4. The van der Waals surface area contributed by atoms with Crippen LogP contribution in [0.15, 0.2) is 66.9 Å². The molecule has 0 N–H and O–H groups in total. The van der Waals surface area contributed by atoms with Crippen LogP contribution in [0.3, 0.4) is 0 Å². The molecule has 160 valence electrons. The van der Waals surface area contributed by atoms with E-state index in [2.05, 4.69) is 9.97 Å². The molecule has 0 spiro atoms. The van der Waals surface area contributed by atoms with E-state index in [4.69, 9.17) is 0 Å². The zero-order valence-corrected chi connectivity index (χ0v) is 17.3. The lowest BCUT2D eigenvalue weighted by atomic mass is 10.1. The molecule has 0 saturated carbocycles. The van der Waals surface area contributed by atoms with Gasteiger partial charge in [0.1, 0.15) is 0 Å². The van der Waals surface area contributed by atoms with Crippen LogP contribution in [0.2, 0.25) is 0 Å². The number of pyridine rings is 1. The van der Waals surface area contributed by atoms with Crippen LogP contribution in [-0.2, 0) is 17.8 Å². The van der Waals surface area contributed by atoms with E-state index < -0.39 is 9.85 Å². The fourth-order valence-electron chi connectivity index (χ4n) is 3.05. The number of nitro benzene ring substituents is 2. The highest BCUT2D eigenvalue weighted by atomic mass is 32.1. The van der Waals surface area contributed by atoms with E-state index in [1.165, 1.54) is 52.6 Å². The Kier molecular flexibility index (Phi) is 5.81. The number of thiazole rings is 1. The molecule has 2 aromatic heterocycles. The lowest BCUT2D eigenvalue weighted by molar-refractivity contribution is -0.385. The fraction of sp³-hybridized carbons (Fsp3) is 0.0952. The van der Waals surface area contributed by atoms with Gasteiger partial charge in [0.2, 0.25) is 5.91 Å². The summed E-state index contributed by atoms with van der Waals surface area (Å²) in [5.41, 5.74) is 1.70. The third-order valence-electron chi connectivity index (χ3n) is 4.65. The van der Waals surface area contributed by atoms with E-state index in [0.717, 1.165) is 0 Å². The minimum Gasteiger partial charge on any atom is -0.282 e. The first kappa shape index (κ1) is 21.0. The number of anilines is 1. The topological polar surface area (TPSA) is 132 Å². The number of nitro groups is 2. The van der Waals surface area contributed by atoms with E-state index >= 15 is 0 Å². The quantitative estimate of drug-likeness (QED) is 0.304. The van der Waals surface area contributed by atoms with Crippen molar-refractivity contribution < 1.29 is 14.6 Å². The molecular weight excluding hydrogens is 434 g/mol. The molecule has 4 aromatic rings. The highest BCUT2D eigenvalue weighted by molar-refractivity contribution is 7.22. The Labute approximate surface area is 185 Å². The normalized spacial score (nSPS) is 10.8. The molecule has 0 radical (unpaired) electrons. The Bertz CT molecular complexity index is 1310. The predicted octanol–water partition coefficient (Wildman–Crippen LogP) is 4.28. The van der Waals surface area contributed by atoms with Crippen LogP contribution < -0.4 is 4.90 Å². The molecule has 10 nitrogen and oxygen atoms in total. The Balaban J connectivity index is 1.66. The number of nitrogens with zero attached hydrogens (tertiary/aromatic N) is 5.